The zero-order valence-electron chi connectivity index (χ0n) is 6.54. The third-order valence-corrected chi connectivity index (χ3v) is 1.99. The Morgan fingerprint density at radius 3 is 3.00 bits per heavy atom. The molecule has 11 heavy (non-hydrogen) atoms. The Hall–Kier alpha value is -0.610. The van der Waals surface area contributed by atoms with Crippen LogP contribution in [0.4, 0.5) is 0 Å². The highest BCUT2D eigenvalue weighted by Crippen LogP contribution is 2.11. The average molecular weight is 159 g/mol. The van der Waals surface area contributed by atoms with E-state index in [1.165, 1.54) is 0 Å². The quantitative estimate of drug-likeness (QED) is 0.587. The maximum absolute atomic E-state index is 10.5. The minimum atomic E-state index is -0.785. The van der Waals surface area contributed by atoms with Crippen molar-refractivity contribution >= 4 is 5.97 Å². The predicted octanol–water partition coefficient (Wildman–Crippen LogP) is -0.162. The van der Waals surface area contributed by atoms with Crippen molar-refractivity contribution in [2.45, 2.75) is 25.0 Å². The molecule has 0 aromatic carbocycles. The molecule has 4 heteroatoms. The summed E-state index contributed by atoms with van der Waals surface area (Å²) in [5, 5.41) is 11.5. The molecule has 1 fully saturated rings. The Kier molecular flexibility index (Phi) is 2.84. The van der Waals surface area contributed by atoms with E-state index in [0.29, 0.717) is 6.42 Å². The molecule has 0 aliphatic carbocycles. The molecule has 1 rings (SSSR count). The normalized spacial score (nSPS) is 31.7. The molecule has 0 radical (unpaired) electrons. The fourth-order valence-corrected chi connectivity index (χ4v) is 1.28. The molecule has 1 aliphatic rings. The molecule has 0 spiro atoms. The van der Waals surface area contributed by atoms with Crippen LogP contribution in [0, 0.1) is 0 Å². The minimum absolute atomic E-state index is 0.109. The Labute approximate surface area is 65.5 Å². The van der Waals surface area contributed by atoms with Crippen LogP contribution in [-0.2, 0) is 9.53 Å². The van der Waals surface area contributed by atoms with E-state index in [2.05, 4.69) is 5.32 Å². The lowest BCUT2D eigenvalue weighted by Crippen LogP contribution is -2.45. The number of piperidine rings is 1. The van der Waals surface area contributed by atoms with Crippen molar-refractivity contribution in [2.24, 2.45) is 0 Å². The second-order valence-electron chi connectivity index (χ2n) is 2.73. The van der Waals surface area contributed by atoms with Crippen molar-refractivity contribution < 1.29 is 14.6 Å². The number of ether oxygens (including phenoxy) is 1. The first kappa shape index (κ1) is 8.49. The van der Waals surface area contributed by atoms with Crippen molar-refractivity contribution in [2.75, 3.05) is 13.7 Å². The summed E-state index contributed by atoms with van der Waals surface area (Å²) in [5.74, 6) is -0.785. The van der Waals surface area contributed by atoms with E-state index in [-0.39, 0.29) is 6.10 Å². The van der Waals surface area contributed by atoms with Gasteiger partial charge in [0, 0.05) is 7.11 Å². The lowest BCUT2D eigenvalue weighted by atomic mass is 10.0. The number of nitrogens with one attached hydrogen (secondary N) is 1. The number of aliphatic carboxylic acids is 1. The van der Waals surface area contributed by atoms with Gasteiger partial charge in [-0.3, -0.25) is 4.79 Å². The number of carboxylic acid groups (broad SMARTS) is 1. The van der Waals surface area contributed by atoms with Crippen molar-refractivity contribution in [1.29, 1.82) is 0 Å². The summed E-state index contributed by atoms with van der Waals surface area (Å²) >= 11 is 0. The molecule has 1 aliphatic heterocycles. The standard InChI is InChI=1S/C7H13NO3/c1-11-5-2-3-8-6(4-5)7(9)10/h5-6,8H,2-4H2,1H3,(H,9,10)/t5-,6+/m1/s1. The van der Waals surface area contributed by atoms with Gasteiger partial charge in [-0.1, -0.05) is 0 Å². The first-order valence-corrected chi connectivity index (χ1v) is 3.73. The van der Waals surface area contributed by atoms with Gasteiger partial charge in [0.05, 0.1) is 6.10 Å². The average Bonchev–Trinajstić information content (AvgIpc) is 2.05. The van der Waals surface area contributed by atoms with Crippen molar-refractivity contribution in [3.8, 4) is 0 Å². The van der Waals surface area contributed by atoms with Crippen LogP contribution in [0.15, 0.2) is 0 Å². The molecule has 1 heterocycles. The van der Waals surface area contributed by atoms with Crippen LogP contribution in [0.1, 0.15) is 12.8 Å². The first-order chi connectivity index (χ1) is 5.24. The largest absolute Gasteiger partial charge is 0.480 e. The second-order valence-corrected chi connectivity index (χ2v) is 2.73. The number of methoxy groups -OCH3 is 1. The van der Waals surface area contributed by atoms with Gasteiger partial charge in [0.25, 0.3) is 0 Å². The third kappa shape index (κ3) is 2.17. The van der Waals surface area contributed by atoms with E-state index in [0.717, 1.165) is 13.0 Å². The highest BCUT2D eigenvalue weighted by Gasteiger charge is 2.25. The maximum Gasteiger partial charge on any atom is 0.320 e. The molecule has 0 bridgehead atoms. The van der Waals surface area contributed by atoms with Crippen LogP contribution in [0.2, 0.25) is 0 Å². The van der Waals surface area contributed by atoms with E-state index in [1.807, 2.05) is 0 Å². The van der Waals surface area contributed by atoms with E-state index in [1.54, 1.807) is 7.11 Å². The van der Waals surface area contributed by atoms with Gasteiger partial charge >= 0.3 is 5.97 Å². The zero-order valence-corrected chi connectivity index (χ0v) is 6.54. The lowest BCUT2D eigenvalue weighted by Gasteiger charge is -2.26. The second kappa shape index (κ2) is 3.69. The van der Waals surface area contributed by atoms with E-state index in [4.69, 9.17) is 9.84 Å². The van der Waals surface area contributed by atoms with Gasteiger partial charge in [0.1, 0.15) is 6.04 Å². The van der Waals surface area contributed by atoms with Gasteiger partial charge in [-0.05, 0) is 19.4 Å². The van der Waals surface area contributed by atoms with Crippen LogP contribution in [0.5, 0.6) is 0 Å². The van der Waals surface area contributed by atoms with Crippen LogP contribution in [-0.4, -0.2) is 36.9 Å². The van der Waals surface area contributed by atoms with Gasteiger partial charge in [-0.2, -0.15) is 0 Å². The summed E-state index contributed by atoms with van der Waals surface area (Å²) in [6.07, 6.45) is 1.59. The number of carboxylic acids is 1. The van der Waals surface area contributed by atoms with Crippen LogP contribution >= 0.6 is 0 Å². The van der Waals surface area contributed by atoms with Crippen molar-refractivity contribution in [3.63, 3.8) is 0 Å². The van der Waals surface area contributed by atoms with Crippen LogP contribution < -0.4 is 5.32 Å². The monoisotopic (exact) mass is 159 g/mol. The SMILES string of the molecule is CO[C@@H]1CCN[C@H](C(=O)O)C1. The summed E-state index contributed by atoms with van der Waals surface area (Å²) in [7, 11) is 1.62. The Morgan fingerprint density at radius 1 is 1.73 bits per heavy atom. The van der Waals surface area contributed by atoms with Gasteiger partial charge in [0.2, 0.25) is 0 Å². The van der Waals surface area contributed by atoms with E-state index in [9.17, 15) is 4.79 Å². The minimum Gasteiger partial charge on any atom is -0.480 e. The molecule has 2 atom stereocenters. The van der Waals surface area contributed by atoms with Gasteiger partial charge in [0.15, 0.2) is 0 Å². The topological polar surface area (TPSA) is 58.6 Å². The molecule has 0 unspecified atom stereocenters. The van der Waals surface area contributed by atoms with E-state index >= 15 is 0 Å². The number of hydrogen-bond acceptors (Lipinski definition) is 3. The summed E-state index contributed by atoms with van der Waals surface area (Å²) in [4.78, 5) is 10.5. The fourth-order valence-electron chi connectivity index (χ4n) is 1.28. The first-order valence-electron chi connectivity index (χ1n) is 3.73. The van der Waals surface area contributed by atoms with Gasteiger partial charge in [-0.15, -0.1) is 0 Å². The Balaban J connectivity index is 2.39. The van der Waals surface area contributed by atoms with Crippen molar-refractivity contribution in [3.05, 3.63) is 0 Å². The highest BCUT2D eigenvalue weighted by atomic mass is 16.5. The molecule has 0 aromatic rings. The van der Waals surface area contributed by atoms with Crippen LogP contribution in [0.3, 0.4) is 0 Å². The summed E-state index contributed by atoms with van der Waals surface area (Å²) in [5.41, 5.74) is 0. The third-order valence-electron chi connectivity index (χ3n) is 1.99. The predicted molar refractivity (Wildman–Crippen MR) is 39.5 cm³/mol. The molecular weight excluding hydrogens is 146 g/mol. The Morgan fingerprint density at radius 2 is 2.45 bits per heavy atom. The lowest BCUT2D eigenvalue weighted by molar-refractivity contribution is -0.141. The summed E-state index contributed by atoms with van der Waals surface area (Å²) in [6, 6.07) is -0.423. The molecule has 0 amide bonds. The van der Waals surface area contributed by atoms with Gasteiger partial charge < -0.3 is 15.2 Å². The smallest absolute Gasteiger partial charge is 0.320 e. The molecule has 4 nitrogen and oxygen atoms in total. The zero-order chi connectivity index (χ0) is 8.27. The van der Waals surface area contributed by atoms with Gasteiger partial charge in [-0.25, -0.2) is 0 Å². The van der Waals surface area contributed by atoms with Crippen molar-refractivity contribution in [1.82, 2.24) is 5.32 Å². The summed E-state index contributed by atoms with van der Waals surface area (Å²) in [6.45, 7) is 0.732. The number of hydrogen-bond donors (Lipinski definition) is 2. The fraction of sp³-hybridized carbons (Fsp3) is 0.857. The Bertz CT molecular complexity index is 149. The highest BCUT2D eigenvalue weighted by molar-refractivity contribution is 5.73. The number of rotatable bonds is 2. The summed E-state index contributed by atoms with van der Waals surface area (Å²) < 4.78 is 5.07. The molecule has 1 saturated heterocycles. The molecule has 0 saturated carbocycles. The van der Waals surface area contributed by atoms with E-state index < -0.39 is 12.0 Å². The molecular formula is C7H13NO3. The molecule has 2 N–H and O–H groups in total. The van der Waals surface area contributed by atoms with Crippen LogP contribution in [0.25, 0.3) is 0 Å². The maximum atomic E-state index is 10.5. The molecule has 64 valence electrons. The molecule has 0 aromatic heterocycles. The number of carbonyl (C=O) groups is 1.